The molecule has 1 heterocycles. The number of fused-ring (bicyclic) bond motifs is 1. The van der Waals surface area contributed by atoms with Gasteiger partial charge in [-0.3, -0.25) is 9.20 Å². The number of nitrogens with one attached hydrogen (secondary N) is 2. The summed E-state index contributed by atoms with van der Waals surface area (Å²) in [6.45, 7) is 4.13. The molecule has 0 spiro atoms. The molecule has 1 aromatic rings. The van der Waals surface area contributed by atoms with Crippen LogP contribution in [0.2, 0.25) is 0 Å². The van der Waals surface area contributed by atoms with Gasteiger partial charge in [0.25, 0.3) is 0 Å². The second-order valence-corrected chi connectivity index (χ2v) is 9.25. The van der Waals surface area contributed by atoms with Crippen LogP contribution in [0.5, 0.6) is 0 Å². The summed E-state index contributed by atoms with van der Waals surface area (Å²) in [4.78, 5) is 5.73. The number of rotatable bonds is 5. The lowest BCUT2D eigenvalue weighted by Crippen LogP contribution is -2.26. The fraction of sp³-hybridized carbons (Fsp3) is 0.571. The molecule has 27 heavy (non-hydrogen) atoms. The van der Waals surface area contributed by atoms with E-state index in [4.69, 9.17) is 4.99 Å². The second-order valence-electron chi connectivity index (χ2n) is 7.71. The monoisotopic (exact) mass is 389 g/mol. The van der Waals surface area contributed by atoms with E-state index in [0.717, 1.165) is 60.0 Å². The molecule has 5 nitrogen and oxygen atoms in total. The van der Waals surface area contributed by atoms with Gasteiger partial charge in [-0.1, -0.05) is 0 Å². The number of benzene rings is 1. The maximum Gasteiger partial charge on any atom is 0.127 e. The van der Waals surface area contributed by atoms with E-state index in [2.05, 4.69) is 36.6 Å². The number of aliphatic imine (C=N–C) groups is 1. The number of anilines is 1. The van der Waals surface area contributed by atoms with Gasteiger partial charge in [-0.15, -0.1) is 0 Å². The van der Waals surface area contributed by atoms with Crippen molar-refractivity contribution < 1.29 is 9.32 Å². The molecule has 1 saturated carbocycles. The van der Waals surface area contributed by atoms with E-state index < -0.39 is 10.8 Å². The molecule has 1 unspecified atom stereocenters. The maximum atomic E-state index is 12.0. The molecule has 1 atom stereocenters. The summed E-state index contributed by atoms with van der Waals surface area (Å²) in [6, 6.07) is 6.23. The number of allylic oxidation sites excluding steroid dienone is 1. The number of hydrogen-bond acceptors (Lipinski definition) is 4. The third-order valence-electron chi connectivity index (χ3n) is 5.25. The largest absolute Gasteiger partial charge is 0.393 e. The Hall–Kier alpha value is -1.66. The molecule has 1 fully saturated rings. The summed E-state index contributed by atoms with van der Waals surface area (Å²) in [7, 11) is 1.11. The molecule has 3 N–H and O–H groups in total. The Bertz CT molecular complexity index is 750. The molecule has 0 amide bonds. The minimum Gasteiger partial charge on any atom is -0.393 e. The minimum absolute atomic E-state index is 0.154. The molecule has 148 valence electrons. The first kappa shape index (κ1) is 20.1. The Kier molecular flexibility index (Phi) is 6.71. The van der Waals surface area contributed by atoms with Crippen molar-refractivity contribution in [2.24, 2.45) is 10.9 Å². The highest BCUT2D eigenvalue weighted by molar-refractivity contribution is 7.85. The van der Waals surface area contributed by atoms with Crippen molar-refractivity contribution in [1.82, 2.24) is 5.32 Å². The van der Waals surface area contributed by atoms with E-state index in [1.54, 1.807) is 0 Å². The molecule has 3 rings (SSSR count). The van der Waals surface area contributed by atoms with Gasteiger partial charge in [-0.2, -0.15) is 0 Å². The highest BCUT2D eigenvalue weighted by Crippen LogP contribution is 2.29. The molecule has 1 aromatic carbocycles. The van der Waals surface area contributed by atoms with Gasteiger partial charge in [-0.25, -0.2) is 0 Å². The standard InChI is InChI=1S/C21H31N3O2S/c1-14(2)23-21(13-19(22-3)15-4-7-18(25)8-5-15)24-17-6-9-20-16(12-17)10-11-27(20)26/h6,9,12-15,18,22,25H,4-5,7-8,10-11H2,1-3H3,(H,23,24)/b19-13-. The van der Waals surface area contributed by atoms with Crippen LogP contribution in [0.4, 0.5) is 5.69 Å². The topological polar surface area (TPSA) is 73.7 Å². The van der Waals surface area contributed by atoms with Crippen LogP contribution in [-0.2, 0) is 17.2 Å². The van der Waals surface area contributed by atoms with Crippen LogP contribution in [0.3, 0.4) is 0 Å². The second kappa shape index (κ2) is 9.02. The van der Waals surface area contributed by atoms with Crippen LogP contribution < -0.4 is 10.6 Å². The van der Waals surface area contributed by atoms with Crippen molar-refractivity contribution in [3.63, 3.8) is 0 Å². The first-order valence-electron chi connectivity index (χ1n) is 9.89. The Morgan fingerprint density at radius 1 is 1.30 bits per heavy atom. The van der Waals surface area contributed by atoms with E-state index in [1.165, 1.54) is 5.56 Å². The van der Waals surface area contributed by atoms with E-state index >= 15 is 0 Å². The van der Waals surface area contributed by atoms with Gasteiger partial charge < -0.3 is 15.7 Å². The maximum absolute atomic E-state index is 12.0. The number of aliphatic hydroxyl groups is 1. The van der Waals surface area contributed by atoms with Gasteiger partial charge >= 0.3 is 0 Å². The third kappa shape index (κ3) is 5.20. The van der Waals surface area contributed by atoms with Crippen LogP contribution in [0, 0.1) is 5.92 Å². The van der Waals surface area contributed by atoms with Gasteiger partial charge in [0, 0.05) is 35.1 Å². The predicted molar refractivity (Wildman–Crippen MR) is 113 cm³/mol. The molecule has 0 bridgehead atoms. The molecule has 1 aliphatic carbocycles. The van der Waals surface area contributed by atoms with Crippen LogP contribution in [0.15, 0.2) is 39.9 Å². The van der Waals surface area contributed by atoms with E-state index in [-0.39, 0.29) is 12.1 Å². The van der Waals surface area contributed by atoms with E-state index in [1.807, 2.05) is 19.2 Å². The van der Waals surface area contributed by atoms with Crippen molar-refractivity contribution in [2.75, 3.05) is 18.1 Å². The molecule has 1 aliphatic heterocycles. The molecule has 0 saturated heterocycles. The number of aliphatic hydroxyl groups excluding tert-OH is 1. The minimum atomic E-state index is -0.845. The average Bonchev–Trinajstić information content (AvgIpc) is 3.00. The van der Waals surface area contributed by atoms with Gasteiger partial charge in [0.05, 0.1) is 16.9 Å². The zero-order valence-electron chi connectivity index (χ0n) is 16.5. The van der Waals surface area contributed by atoms with Gasteiger partial charge in [0.1, 0.15) is 5.84 Å². The predicted octanol–water partition coefficient (Wildman–Crippen LogP) is 3.22. The summed E-state index contributed by atoms with van der Waals surface area (Å²) >= 11 is 0. The van der Waals surface area contributed by atoms with Crippen LogP contribution in [-0.4, -0.2) is 40.1 Å². The number of nitrogens with zero attached hydrogens (tertiary/aromatic N) is 1. The van der Waals surface area contributed by atoms with E-state index in [9.17, 15) is 9.32 Å². The zero-order chi connectivity index (χ0) is 19.4. The van der Waals surface area contributed by atoms with Crippen LogP contribution >= 0.6 is 0 Å². The normalized spacial score (nSPS) is 26.2. The lowest BCUT2D eigenvalue weighted by molar-refractivity contribution is 0.115. The van der Waals surface area contributed by atoms with Gasteiger partial charge in [0.2, 0.25) is 0 Å². The van der Waals surface area contributed by atoms with Crippen LogP contribution in [0.25, 0.3) is 0 Å². The summed E-state index contributed by atoms with van der Waals surface area (Å²) in [5.41, 5.74) is 3.32. The quantitative estimate of drug-likeness (QED) is 0.534. The van der Waals surface area contributed by atoms with Crippen molar-refractivity contribution >= 4 is 22.3 Å². The van der Waals surface area contributed by atoms with Crippen LogP contribution in [0.1, 0.15) is 45.1 Å². The van der Waals surface area contributed by atoms with Gasteiger partial charge in [0.15, 0.2) is 0 Å². The highest BCUT2D eigenvalue weighted by Gasteiger charge is 2.23. The summed E-state index contributed by atoms with van der Waals surface area (Å²) < 4.78 is 12.0. The smallest absolute Gasteiger partial charge is 0.127 e. The third-order valence-corrected chi connectivity index (χ3v) is 6.71. The van der Waals surface area contributed by atoms with E-state index in [0.29, 0.717) is 5.92 Å². The number of amidine groups is 1. The fourth-order valence-corrected chi connectivity index (χ4v) is 5.15. The lowest BCUT2D eigenvalue weighted by Gasteiger charge is -2.27. The first-order chi connectivity index (χ1) is 13.0. The average molecular weight is 390 g/mol. The summed E-state index contributed by atoms with van der Waals surface area (Å²) in [5.74, 6) is 1.99. The molecule has 2 aliphatic rings. The SMILES string of the molecule is CN/C(=C\C(=NC(C)C)Nc1ccc2c(c1)CCS2=O)C1CCC(O)CC1. The first-order valence-corrected chi connectivity index (χ1v) is 11.2. The Balaban J connectivity index is 1.80. The molecule has 6 heteroatoms. The highest BCUT2D eigenvalue weighted by atomic mass is 32.2. The number of aryl methyl sites for hydroxylation is 1. The summed E-state index contributed by atoms with van der Waals surface area (Å²) in [6.07, 6.45) is 6.52. The Labute approximate surface area is 164 Å². The Morgan fingerprint density at radius 3 is 2.70 bits per heavy atom. The summed E-state index contributed by atoms with van der Waals surface area (Å²) in [5, 5.41) is 16.6. The molecular formula is C21H31N3O2S. The van der Waals surface area contributed by atoms with Crippen molar-refractivity contribution in [2.45, 2.75) is 63.0 Å². The molecular weight excluding hydrogens is 358 g/mol. The van der Waals surface area contributed by atoms with Crippen molar-refractivity contribution in [1.29, 1.82) is 0 Å². The lowest BCUT2D eigenvalue weighted by atomic mass is 9.85. The van der Waals surface area contributed by atoms with Crippen molar-refractivity contribution in [3.05, 3.63) is 35.5 Å². The van der Waals surface area contributed by atoms with Crippen molar-refractivity contribution in [3.8, 4) is 0 Å². The van der Waals surface area contributed by atoms with Gasteiger partial charge in [-0.05, 0) is 81.7 Å². The molecule has 0 aromatic heterocycles. The Morgan fingerprint density at radius 2 is 2.04 bits per heavy atom. The fourth-order valence-electron chi connectivity index (χ4n) is 3.85. The zero-order valence-corrected chi connectivity index (χ0v) is 17.3. The number of hydrogen-bond donors (Lipinski definition) is 3. The molecule has 0 radical (unpaired) electrons.